The molecule has 3 aromatic carbocycles. The highest BCUT2D eigenvalue weighted by atomic mass is 19.4. The van der Waals surface area contributed by atoms with Crippen LogP contribution in [0.3, 0.4) is 0 Å². The van der Waals surface area contributed by atoms with Crippen molar-refractivity contribution in [3.05, 3.63) is 83.4 Å². The lowest BCUT2D eigenvalue weighted by Gasteiger charge is -2.29. The zero-order valence-electron chi connectivity index (χ0n) is 17.2. The van der Waals surface area contributed by atoms with Gasteiger partial charge in [-0.25, -0.2) is 22.8 Å². The quantitative estimate of drug-likeness (QED) is 0.336. The number of benzene rings is 3. The zero-order chi connectivity index (χ0) is 26.0. The largest absolute Gasteiger partial charge is 0.478 e. The Bertz CT molecular complexity index is 1220. The molecule has 3 rings (SSSR count). The number of rotatable bonds is 8. The first-order valence-electron chi connectivity index (χ1n) is 9.54. The van der Waals surface area contributed by atoms with Gasteiger partial charge in [0.2, 0.25) is 0 Å². The topological polar surface area (TPSA) is 93.1 Å². The molecule has 0 amide bonds. The van der Waals surface area contributed by atoms with Gasteiger partial charge in [-0.2, -0.15) is 13.2 Å². The minimum atomic E-state index is -6.05. The number of hydrogen-bond donors (Lipinski definition) is 2. The van der Waals surface area contributed by atoms with Gasteiger partial charge in [-0.1, -0.05) is 12.1 Å². The summed E-state index contributed by atoms with van der Waals surface area (Å²) in [6.07, 6.45) is -10.6. The molecule has 2 N–H and O–H groups in total. The summed E-state index contributed by atoms with van der Waals surface area (Å²) < 4.78 is 93.2. The number of halogens is 6. The second kappa shape index (κ2) is 9.57. The van der Waals surface area contributed by atoms with Gasteiger partial charge in [0.25, 0.3) is 12.1 Å². The first-order valence-corrected chi connectivity index (χ1v) is 9.54. The van der Waals surface area contributed by atoms with E-state index >= 15 is 0 Å². The lowest BCUT2D eigenvalue weighted by atomic mass is 9.94. The smallest absolute Gasteiger partial charge is 0.432 e. The molecule has 12 heteroatoms. The lowest BCUT2D eigenvalue weighted by molar-refractivity contribution is -0.274. The van der Waals surface area contributed by atoms with Crippen LogP contribution in [0, 0.1) is 0 Å². The molecule has 1 unspecified atom stereocenters. The van der Waals surface area contributed by atoms with Crippen LogP contribution in [0.15, 0.2) is 66.7 Å². The zero-order valence-corrected chi connectivity index (χ0v) is 17.2. The van der Waals surface area contributed by atoms with Crippen molar-refractivity contribution in [2.75, 3.05) is 0 Å². The Kier molecular flexibility index (Phi) is 6.94. The average molecular weight is 500 g/mol. The highest BCUT2D eigenvalue weighted by Gasteiger charge is 2.65. The summed E-state index contributed by atoms with van der Waals surface area (Å²) in [5, 5.41) is 17.9. The van der Waals surface area contributed by atoms with Crippen molar-refractivity contribution >= 4 is 11.9 Å². The van der Waals surface area contributed by atoms with Crippen LogP contribution >= 0.6 is 0 Å². The third kappa shape index (κ3) is 5.15. The molecular weight excluding hydrogens is 486 g/mol. The SMILES string of the molecule is O=C(O)c1ccc(Oc2cccc(C(F)(C(F)F)C(F)(F)F)c2Oc2ccc(C(=O)O)cc2)cc1. The van der Waals surface area contributed by atoms with Crippen LogP contribution in [-0.2, 0) is 5.67 Å². The van der Waals surface area contributed by atoms with Crippen LogP contribution in [-0.4, -0.2) is 34.8 Å². The molecule has 35 heavy (non-hydrogen) atoms. The molecule has 0 bridgehead atoms. The van der Waals surface area contributed by atoms with Gasteiger partial charge in [0.1, 0.15) is 11.5 Å². The highest BCUT2D eigenvalue weighted by molar-refractivity contribution is 5.88. The maximum Gasteiger partial charge on any atom is 0.432 e. The second-order valence-corrected chi connectivity index (χ2v) is 7.01. The fourth-order valence-corrected chi connectivity index (χ4v) is 2.96. The van der Waals surface area contributed by atoms with E-state index in [2.05, 4.69) is 0 Å². The molecule has 0 spiro atoms. The summed E-state index contributed by atoms with van der Waals surface area (Å²) in [5.74, 6) is -4.64. The number of aromatic carboxylic acids is 2. The van der Waals surface area contributed by atoms with Crippen LogP contribution in [0.2, 0.25) is 0 Å². The normalized spacial score (nSPS) is 13.2. The van der Waals surface area contributed by atoms with Gasteiger partial charge in [-0.05, 0) is 54.6 Å². The van der Waals surface area contributed by atoms with Crippen LogP contribution in [0.5, 0.6) is 23.0 Å². The molecule has 6 nitrogen and oxygen atoms in total. The standard InChI is InChI=1S/C23H14F6O6/c24-21(25)22(26,23(27,28)29)16-2-1-3-17(34-14-8-4-12(5-9-14)19(30)31)18(16)35-15-10-6-13(7-11-15)20(32)33/h1-11,21H,(H,30,31)(H,32,33). The number of carbonyl (C=O) groups is 2. The molecule has 0 heterocycles. The van der Waals surface area contributed by atoms with Crippen molar-refractivity contribution in [2.24, 2.45) is 0 Å². The summed E-state index contributed by atoms with van der Waals surface area (Å²) in [5.41, 5.74) is -7.07. The van der Waals surface area contributed by atoms with Gasteiger partial charge in [-0.3, -0.25) is 0 Å². The molecule has 0 aliphatic heterocycles. The van der Waals surface area contributed by atoms with E-state index in [-0.39, 0.29) is 22.6 Å². The van der Waals surface area contributed by atoms with Crippen LogP contribution in [0.25, 0.3) is 0 Å². The second-order valence-electron chi connectivity index (χ2n) is 7.01. The predicted molar refractivity (Wildman–Crippen MR) is 108 cm³/mol. The Morgan fingerprint density at radius 2 is 1.17 bits per heavy atom. The van der Waals surface area contributed by atoms with Crippen molar-refractivity contribution in [3.8, 4) is 23.0 Å². The van der Waals surface area contributed by atoms with Crippen LogP contribution < -0.4 is 9.47 Å². The molecule has 184 valence electrons. The Hall–Kier alpha value is -4.22. The Labute approximate surface area is 193 Å². The van der Waals surface area contributed by atoms with E-state index in [1.807, 2.05) is 0 Å². The molecule has 0 saturated heterocycles. The number of carboxylic acid groups (broad SMARTS) is 2. The number of carboxylic acids is 2. The number of ether oxygens (including phenoxy) is 2. The van der Waals surface area contributed by atoms with E-state index in [0.29, 0.717) is 6.07 Å². The fourth-order valence-electron chi connectivity index (χ4n) is 2.96. The fraction of sp³-hybridized carbons (Fsp3) is 0.130. The first-order chi connectivity index (χ1) is 16.3. The molecule has 1 atom stereocenters. The number of para-hydroxylation sites is 1. The molecular formula is C23H14F6O6. The van der Waals surface area contributed by atoms with Gasteiger partial charge in [-0.15, -0.1) is 0 Å². The third-order valence-electron chi connectivity index (χ3n) is 4.73. The van der Waals surface area contributed by atoms with E-state index in [1.165, 1.54) is 0 Å². The predicted octanol–water partition coefficient (Wildman–Crippen LogP) is 6.66. The summed E-state index contributed by atoms with van der Waals surface area (Å²) in [6.45, 7) is 0. The van der Waals surface area contributed by atoms with Crippen molar-refractivity contribution in [1.82, 2.24) is 0 Å². The molecule has 0 aromatic heterocycles. The van der Waals surface area contributed by atoms with Crippen molar-refractivity contribution in [2.45, 2.75) is 18.3 Å². The molecule has 3 aromatic rings. The maximum atomic E-state index is 15.0. The molecule has 0 aliphatic rings. The highest BCUT2D eigenvalue weighted by Crippen LogP contribution is 2.53. The average Bonchev–Trinajstić information content (AvgIpc) is 2.79. The van der Waals surface area contributed by atoms with Gasteiger partial charge in [0.15, 0.2) is 11.5 Å². The summed E-state index contributed by atoms with van der Waals surface area (Å²) >= 11 is 0. The maximum absolute atomic E-state index is 15.0. The third-order valence-corrected chi connectivity index (χ3v) is 4.73. The Balaban J connectivity index is 2.15. The number of alkyl halides is 6. The van der Waals surface area contributed by atoms with Crippen molar-refractivity contribution in [3.63, 3.8) is 0 Å². The minimum absolute atomic E-state index is 0.119. The summed E-state index contributed by atoms with van der Waals surface area (Å²) in [6, 6.07) is 11.0. The van der Waals surface area contributed by atoms with Gasteiger partial charge < -0.3 is 19.7 Å². The van der Waals surface area contributed by atoms with Gasteiger partial charge in [0.05, 0.1) is 16.7 Å². The molecule has 0 fully saturated rings. The van der Waals surface area contributed by atoms with E-state index < -0.39 is 47.3 Å². The Morgan fingerprint density at radius 3 is 1.57 bits per heavy atom. The van der Waals surface area contributed by atoms with Crippen molar-refractivity contribution < 1.29 is 55.6 Å². The van der Waals surface area contributed by atoms with Crippen molar-refractivity contribution in [1.29, 1.82) is 0 Å². The summed E-state index contributed by atoms with van der Waals surface area (Å²) in [4.78, 5) is 22.0. The van der Waals surface area contributed by atoms with Gasteiger partial charge in [0, 0.05) is 0 Å². The molecule has 0 aliphatic carbocycles. The first kappa shape index (κ1) is 25.4. The summed E-state index contributed by atoms with van der Waals surface area (Å²) in [7, 11) is 0. The van der Waals surface area contributed by atoms with E-state index in [4.69, 9.17) is 19.7 Å². The molecule has 0 radical (unpaired) electrons. The van der Waals surface area contributed by atoms with Gasteiger partial charge >= 0.3 is 18.1 Å². The minimum Gasteiger partial charge on any atom is -0.478 e. The number of hydrogen-bond acceptors (Lipinski definition) is 4. The monoisotopic (exact) mass is 500 g/mol. The lowest BCUT2D eigenvalue weighted by Crippen LogP contribution is -2.44. The van der Waals surface area contributed by atoms with E-state index in [1.54, 1.807) is 0 Å². The van der Waals surface area contributed by atoms with E-state index in [0.717, 1.165) is 60.7 Å². The molecule has 0 saturated carbocycles. The van der Waals surface area contributed by atoms with E-state index in [9.17, 15) is 35.9 Å². The van der Waals surface area contributed by atoms with Crippen LogP contribution in [0.1, 0.15) is 26.3 Å². The Morgan fingerprint density at radius 1 is 0.714 bits per heavy atom. The van der Waals surface area contributed by atoms with Crippen LogP contribution in [0.4, 0.5) is 26.3 Å².